The predicted molar refractivity (Wildman–Crippen MR) is 61.3 cm³/mol. The number of rotatable bonds is 8. The van der Waals surface area contributed by atoms with Gasteiger partial charge in [-0.1, -0.05) is 20.8 Å². The van der Waals surface area contributed by atoms with E-state index in [1.54, 1.807) is 20.8 Å². The van der Waals surface area contributed by atoms with Crippen molar-refractivity contribution in [2.24, 2.45) is 0 Å². The van der Waals surface area contributed by atoms with Gasteiger partial charge >= 0.3 is 5.97 Å². The molecule has 7 heteroatoms. The summed E-state index contributed by atoms with van der Waals surface area (Å²) in [6.07, 6.45) is -0.172. The number of carboxylic acid groups (broad SMARTS) is 1. The Morgan fingerprint density at radius 1 is 1.06 bits per heavy atom. The highest BCUT2D eigenvalue weighted by Gasteiger charge is 2.26. The van der Waals surface area contributed by atoms with Gasteiger partial charge in [0.05, 0.1) is 6.42 Å². The molecule has 96 valence electrons. The van der Waals surface area contributed by atoms with Gasteiger partial charge in [-0.3, -0.25) is 4.79 Å². The normalized spacial score (nSPS) is 12.3. The second-order valence-electron chi connectivity index (χ2n) is 3.23. The molecule has 0 saturated heterocycles. The quantitative estimate of drug-likeness (QED) is 0.677. The van der Waals surface area contributed by atoms with Crippen LogP contribution < -0.4 is 0 Å². The molecule has 0 aliphatic heterocycles. The van der Waals surface area contributed by atoms with Gasteiger partial charge in [-0.2, -0.15) is 17.0 Å². The fraction of sp³-hybridized carbons (Fsp3) is 0.889. The predicted octanol–water partition coefficient (Wildman–Crippen LogP) is 0.370. The summed E-state index contributed by atoms with van der Waals surface area (Å²) in [7, 11) is -3.51. The van der Waals surface area contributed by atoms with Crippen molar-refractivity contribution >= 4 is 16.2 Å². The molecule has 0 bridgehead atoms. The monoisotopic (exact) mass is 252 g/mol. The summed E-state index contributed by atoms with van der Waals surface area (Å²) in [5, 5.41) is 8.54. The minimum Gasteiger partial charge on any atom is -0.481 e. The first kappa shape index (κ1) is 15.3. The van der Waals surface area contributed by atoms with E-state index in [9.17, 15) is 13.2 Å². The molecular weight excluding hydrogens is 232 g/mol. The van der Waals surface area contributed by atoms with E-state index in [1.807, 2.05) is 0 Å². The third-order valence-corrected chi connectivity index (χ3v) is 4.55. The number of carbonyl (C=O) groups is 1. The highest BCUT2D eigenvalue weighted by molar-refractivity contribution is 7.86. The summed E-state index contributed by atoms with van der Waals surface area (Å²) in [4.78, 5) is 10.4. The van der Waals surface area contributed by atoms with E-state index in [0.717, 1.165) is 0 Å². The lowest BCUT2D eigenvalue weighted by molar-refractivity contribution is -0.137. The Hall–Kier alpha value is -0.660. The average molecular weight is 252 g/mol. The standard InChI is InChI=1S/C9H20N2O4S/c1-4-10(5-2)16(14,15)11(6-3)8-7-9(12)13/h4-8H2,1-3H3,(H,12,13). The highest BCUT2D eigenvalue weighted by Crippen LogP contribution is 2.08. The Morgan fingerprint density at radius 3 is 1.81 bits per heavy atom. The van der Waals surface area contributed by atoms with Crippen LogP contribution in [0.25, 0.3) is 0 Å². The zero-order valence-electron chi connectivity index (χ0n) is 10.0. The third kappa shape index (κ3) is 4.07. The highest BCUT2D eigenvalue weighted by atomic mass is 32.2. The van der Waals surface area contributed by atoms with E-state index in [-0.39, 0.29) is 19.5 Å². The van der Waals surface area contributed by atoms with Crippen LogP contribution in [0, 0.1) is 0 Å². The molecule has 0 heterocycles. The maximum absolute atomic E-state index is 12.0. The molecule has 0 aliphatic carbocycles. The molecule has 0 rings (SSSR count). The van der Waals surface area contributed by atoms with Gasteiger partial charge in [-0.25, -0.2) is 0 Å². The molecule has 0 saturated carbocycles. The SMILES string of the molecule is CCN(CC)S(=O)(=O)N(CC)CCC(=O)O. The van der Waals surface area contributed by atoms with Crippen LogP contribution in [-0.4, -0.2) is 54.3 Å². The van der Waals surface area contributed by atoms with Crippen LogP contribution in [0.5, 0.6) is 0 Å². The van der Waals surface area contributed by atoms with Crippen molar-refractivity contribution in [3.05, 3.63) is 0 Å². The van der Waals surface area contributed by atoms with Crippen LogP contribution in [-0.2, 0) is 15.0 Å². The third-order valence-electron chi connectivity index (χ3n) is 2.29. The van der Waals surface area contributed by atoms with E-state index in [1.165, 1.54) is 8.61 Å². The summed E-state index contributed by atoms with van der Waals surface area (Å²) >= 11 is 0. The molecule has 6 nitrogen and oxygen atoms in total. The van der Waals surface area contributed by atoms with Crippen molar-refractivity contribution in [2.45, 2.75) is 27.2 Å². The van der Waals surface area contributed by atoms with E-state index < -0.39 is 16.2 Å². The van der Waals surface area contributed by atoms with Gasteiger partial charge in [0.1, 0.15) is 0 Å². The zero-order chi connectivity index (χ0) is 12.8. The fourth-order valence-electron chi connectivity index (χ4n) is 1.37. The summed E-state index contributed by atoms with van der Waals surface area (Å²) in [5.41, 5.74) is 0. The van der Waals surface area contributed by atoms with Crippen LogP contribution in [0.3, 0.4) is 0 Å². The van der Waals surface area contributed by atoms with Crippen LogP contribution in [0.15, 0.2) is 0 Å². The Bertz CT molecular complexity index is 311. The maximum atomic E-state index is 12.0. The maximum Gasteiger partial charge on any atom is 0.304 e. The van der Waals surface area contributed by atoms with Gasteiger partial charge in [-0.05, 0) is 0 Å². The molecule has 0 spiro atoms. The summed E-state index contributed by atoms with van der Waals surface area (Å²) in [5.74, 6) is -0.992. The number of hydrogen-bond donors (Lipinski definition) is 1. The number of aliphatic carboxylic acids is 1. The van der Waals surface area contributed by atoms with Crippen molar-refractivity contribution in [2.75, 3.05) is 26.2 Å². The fourth-order valence-corrected chi connectivity index (χ4v) is 3.00. The summed E-state index contributed by atoms with van der Waals surface area (Å²) in [6.45, 7) is 6.29. The summed E-state index contributed by atoms with van der Waals surface area (Å²) < 4.78 is 26.5. The van der Waals surface area contributed by atoms with Crippen molar-refractivity contribution in [3.63, 3.8) is 0 Å². The molecule has 16 heavy (non-hydrogen) atoms. The molecule has 0 aromatic carbocycles. The molecule has 0 radical (unpaired) electrons. The van der Waals surface area contributed by atoms with Gasteiger partial charge in [-0.15, -0.1) is 0 Å². The van der Waals surface area contributed by atoms with E-state index >= 15 is 0 Å². The molecule has 0 fully saturated rings. The molecule has 0 atom stereocenters. The smallest absolute Gasteiger partial charge is 0.304 e. The lowest BCUT2D eigenvalue weighted by Crippen LogP contribution is -2.44. The topological polar surface area (TPSA) is 77.9 Å². The van der Waals surface area contributed by atoms with Crippen LogP contribution in [0.1, 0.15) is 27.2 Å². The largest absolute Gasteiger partial charge is 0.481 e. The molecular formula is C9H20N2O4S. The Balaban J connectivity index is 4.72. The molecule has 1 N–H and O–H groups in total. The van der Waals surface area contributed by atoms with Crippen LogP contribution >= 0.6 is 0 Å². The first-order valence-corrected chi connectivity index (χ1v) is 6.76. The van der Waals surface area contributed by atoms with E-state index in [0.29, 0.717) is 13.1 Å². The first-order valence-electron chi connectivity index (χ1n) is 5.37. The van der Waals surface area contributed by atoms with Gasteiger partial charge < -0.3 is 5.11 Å². The van der Waals surface area contributed by atoms with Gasteiger partial charge in [0.25, 0.3) is 10.2 Å². The lowest BCUT2D eigenvalue weighted by atomic mass is 10.4. The Kier molecular flexibility index (Phi) is 6.54. The van der Waals surface area contributed by atoms with Gasteiger partial charge in [0, 0.05) is 26.2 Å². The van der Waals surface area contributed by atoms with Crippen molar-refractivity contribution in [3.8, 4) is 0 Å². The molecule has 0 aromatic rings. The molecule has 0 aliphatic rings. The number of nitrogens with zero attached hydrogens (tertiary/aromatic N) is 2. The molecule has 0 amide bonds. The van der Waals surface area contributed by atoms with Crippen molar-refractivity contribution in [1.29, 1.82) is 0 Å². The zero-order valence-corrected chi connectivity index (χ0v) is 10.8. The summed E-state index contributed by atoms with van der Waals surface area (Å²) in [6, 6.07) is 0. The lowest BCUT2D eigenvalue weighted by Gasteiger charge is -2.27. The first-order chi connectivity index (χ1) is 7.39. The van der Waals surface area contributed by atoms with E-state index in [2.05, 4.69) is 0 Å². The minimum absolute atomic E-state index is 0.0185. The average Bonchev–Trinajstić information content (AvgIpc) is 2.19. The molecule has 0 unspecified atom stereocenters. The van der Waals surface area contributed by atoms with Crippen molar-refractivity contribution < 1.29 is 18.3 Å². The van der Waals surface area contributed by atoms with Crippen molar-refractivity contribution in [1.82, 2.24) is 8.61 Å². The van der Waals surface area contributed by atoms with Crippen LogP contribution in [0.2, 0.25) is 0 Å². The van der Waals surface area contributed by atoms with Gasteiger partial charge in [0.15, 0.2) is 0 Å². The second kappa shape index (κ2) is 6.82. The Morgan fingerprint density at radius 2 is 1.50 bits per heavy atom. The van der Waals surface area contributed by atoms with Crippen LogP contribution in [0.4, 0.5) is 0 Å². The number of hydrogen-bond acceptors (Lipinski definition) is 3. The second-order valence-corrected chi connectivity index (χ2v) is 5.16. The van der Waals surface area contributed by atoms with Gasteiger partial charge in [0.2, 0.25) is 0 Å². The minimum atomic E-state index is -3.51. The van der Waals surface area contributed by atoms with E-state index in [4.69, 9.17) is 5.11 Å². The molecule has 0 aromatic heterocycles. The Labute approximate surface area is 97.0 Å². The number of carboxylic acids is 1.